The van der Waals surface area contributed by atoms with Crippen LogP contribution in [0.25, 0.3) is 12.2 Å². The van der Waals surface area contributed by atoms with Crippen molar-refractivity contribution in [1.82, 2.24) is 0 Å². The van der Waals surface area contributed by atoms with Gasteiger partial charge < -0.3 is 0 Å². The summed E-state index contributed by atoms with van der Waals surface area (Å²) in [5, 5.41) is 2.71. The lowest BCUT2D eigenvalue weighted by molar-refractivity contribution is -0.883. The number of nitrogens with zero attached hydrogens (tertiary/aromatic N) is 1. The fourth-order valence-electron chi connectivity index (χ4n) is 7.28. The van der Waals surface area contributed by atoms with Gasteiger partial charge in [-0.2, -0.15) is 0 Å². The highest BCUT2D eigenvalue weighted by atomic mass is 15.4. The summed E-state index contributed by atoms with van der Waals surface area (Å²) in [6.45, 7) is 25.5. The predicted molar refractivity (Wildman–Crippen MR) is 155 cm³/mol. The van der Waals surface area contributed by atoms with Gasteiger partial charge in [-0.15, -0.1) is 0 Å². The van der Waals surface area contributed by atoms with E-state index in [4.69, 9.17) is 0 Å². The summed E-state index contributed by atoms with van der Waals surface area (Å²) in [5.41, 5.74) is 7.13. The maximum Gasteiger partial charge on any atom is 0.141 e. The van der Waals surface area contributed by atoms with Crippen LogP contribution in [0.1, 0.15) is 80.7 Å². The Kier molecular flexibility index (Phi) is 8.22. The third kappa shape index (κ3) is 4.46. The fourth-order valence-corrected chi connectivity index (χ4v) is 7.28. The molecule has 2 aliphatic rings. The second kappa shape index (κ2) is 10.5. The first-order valence-corrected chi connectivity index (χ1v) is 13.9. The summed E-state index contributed by atoms with van der Waals surface area (Å²) in [7, 11) is 2.40. The van der Waals surface area contributed by atoms with Crippen LogP contribution < -0.4 is 10.4 Å². The highest BCUT2D eigenvalue weighted by Gasteiger charge is 2.57. The number of hydrogen-bond acceptors (Lipinski definition) is 0. The van der Waals surface area contributed by atoms with Gasteiger partial charge in [-0.05, 0) is 60.6 Å². The molecule has 0 amide bonds. The minimum absolute atomic E-state index is 0.110. The van der Waals surface area contributed by atoms with Gasteiger partial charge in [0.05, 0.1) is 7.05 Å². The van der Waals surface area contributed by atoms with E-state index in [-0.39, 0.29) is 5.54 Å². The van der Waals surface area contributed by atoms with Crippen LogP contribution in [0.4, 0.5) is 0 Å². The van der Waals surface area contributed by atoms with Crippen molar-refractivity contribution < 1.29 is 4.48 Å². The molecule has 1 aromatic rings. The zero-order valence-corrected chi connectivity index (χ0v) is 24.2. The molecule has 5 atom stereocenters. The first-order valence-electron chi connectivity index (χ1n) is 13.9. The molecule has 0 saturated carbocycles. The van der Waals surface area contributed by atoms with Crippen LogP contribution in [0.15, 0.2) is 65.5 Å². The summed E-state index contributed by atoms with van der Waals surface area (Å²) in [6.07, 6.45) is 15.5. The van der Waals surface area contributed by atoms with E-state index in [0.29, 0.717) is 23.7 Å². The molecule has 0 aromatic heterocycles. The minimum Gasteiger partial charge on any atom is -0.256 e. The molecule has 1 heteroatoms. The molecule has 1 nitrogen and oxygen atoms in total. The van der Waals surface area contributed by atoms with Crippen molar-refractivity contribution >= 4 is 12.2 Å². The van der Waals surface area contributed by atoms with E-state index in [2.05, 4.69) is 125 Å². The summed E-state index contributed by atoms with van der Waals surface area (Å²) < 4.78 is 0.816. The van der Waals surface area contributed by atoms with E-state index in [1.807, 2.05) is 0 Å². The quantitative estimate of drug-likeness (QED) is 0.269. The Bertz CT molecular complexity index is 1170. The molecule has 35 heavy (non-hydrogen) atoms. The maximum atomic E-state index is 4.43. The standard InChI is InChI=1S/C34H50N/c1-12-15-30(13-2)28(10)24(6)19-29-16-17-31-22-33-25(7)18-27(9)35(33,11)34(14-3,23(4)5)26(8)20-32(31)21-29/h13-14,16-18,20-24,26,28H,3,12,15,19H2,1-2,4-11H3/q+1. The van der Waals surface area contributed by atoms with Crippen molar-refractivity contribution in [1.29, 1.82) is 0 Å². The Morgan fingerprint density at radius 1 is 1.11 bits per heavy atom. The van der Waals surface area contributed by atoms with Crippen LogP contribution >= 0.6 is 0 Å². The Hall–Kier alpha value is -2.12. The molecule has 0 aliphatic carbocycles. The topological polar surface area (TPSA) is 0 Å². The predicted octanol–water partition coefficient (Wildman–Crippen LogP) is 7.68. The molecule has 5 unspecified atom stereocenters. The number of benzene rings is 1. The number of likely N-dealkylation sites (N-methyl/N-ethyl adjacent to an activating group) is 1. The Morgan fingerprint density at radius 2 is 1.80 bits per heavy atom. The lowest BCUT2D eigenvalue weighted by Gasteiger charge is -2.53. The molecule has 1 aromatic carbocycles. The first kappa shape index (κ1) is 27.5. The molecule has 190 valence electrons. The van der Waals surface area contributed by atoms with E-state index in [0.717, 1.165) is 10.9 Å². The van der Waals surface area contributed by atoms with Gasteiger partial charge >= 0.3 is 0 Å². The lowest BCUT2D eigenvalue weighted by atomic mass is 9.71. The number of rotatable bonds is 8. The molecule has 0 radical (unpaired) electrons. The van der Waals surface area contributed by atoms with E-state index >= 15 is 0 Å². The Labute approximate surface area is 215 Å². The van der Waals surface area contributed by atoms with Crippen molar-refractivity contribution in [3.8, 4) is 0 Å². The molecule has 0 spiro atoms. The van der Waals surface area contributed by atoms with E-state index in [9.17, 15) is 0 Å². The first-order chi connectivity index (χ1) is 16.5. The van der Waals surface area contributed by atoms with Gasteiger partial charge in [0.2, 0.25) is 0 Å². The second-order valence-electron chi connectivity index (χ2n) is 11.8. The van der Waals surface area contributed by atoms with Crippen molar-refractivity contribution in [3.63, 3.8) is 0 Å². The minimum atomic E-state index is -0.110. The van der Waals surface area contributed by atoms with E-state index < -0.39 is 0 Å². The maximum absolute atomic E-state index is 4.43. The molecule has 2 heterocycles. The lowest BCUT2D eigenvalue weighted by Crippen LogP contribution is -2.64. The van der Waals surface area contributed by atoms with Gasteiger partial charge in [0, 0.05) is 36.5 Å². The van der Waals surface area contributed by atoms with Gasteiger partial charge in [0.1, 0.15) is 16.9 Å². The SMILES string of the molecule is C=CC1(C(C)C)C(C)C=c2cc(CC(C)C(C)C(=CC)CCC)ccc2=CC2=C(C)C=C(C)[N+]21C. The largest absolute Gasteiger partial charge is 0.256 e. The summed E-state index contributed by atoms with van der Waals surface area (Å²) in [6, 6.07) is 7.20. The van der Waals surface area contributed by atoms with Crippen LogP contribution in [0.2, 0.25) is 0 Å². The van der Waals surface area contributed by atoms with Crippen LogP contribution in [0.5, 0.6) is 0 Å². The molecule has 0 N–H and O–H groups in total. The van der Waals surface area contributed by atoms with E-state index in [1.165, 1.54) is 45.8 Å². The number of hydrogen-bond donors (Lipinski definition) is 0. The van der Waals surface area contributed by atoms with Gasteiger partial charge in [0.25, 0.3) is 0 Å². The Balaban J connectivity index is 2.15. The monoisotopic (exact) mass is 472 g/mol. The van der Waals surface area contributed by atoms with Gasteiger partial charge in [-0.25, -0.2) is 0 Å². The third-order valence-corrected chi connectivity index (χ3v) is 9.55. The van der Waals surface area contributed by atoms with Crippen LogP contribution in [-0.4, -0.2) is 17.1 Å². The summed E-state index contributed by atoms with van der Waals surface area (Å²) in [4.78, 5) is 0. The molecule has 0 fully saturated rings. The highest BCUT2D eigenvalue weighted by molar-refractivity contribution is 5.55. The average Bonchev–Trinajstić information content (AvgIpc) is 3.01. The number of fused-ring (bicyclic) bond motifs is 2. The fraction of sp³-hybridized carbons (Fsp3) is 0.529. The highest BCUT2D eigenvalue weighted by Crippen LogP contribution is 2.50. The zero-order chi connectivity index (χ0) is 26.1. The van der Waals surface area contributed by atoms with Crippen LogP contribution in [0, 0.1) is 23.7 Å². The summed E-state index contributed by atoms with van der Waals surface area (Å²) >= 11 is 0. The molecule has 2 aliphatic heterocycles. The van der Waals surface area contributed by atoms with Crippen molar-refractivity contribution in [2.75, 3.05) is 7.05 Å². The number of allylic oxidation sites excluding steroid dienone is 6. The Morgan fingerprint density at radius 3 is 2.37 bits per heavy atom. The number of quaternary nitrogens is 1. The van der Waals surface area contributed by atoms with Gasteiger partial charge in [-0.3, -0.25) is 4.48 Å². The third-order valence-electron chi connectivity index (χ3n) is 9.55. The normalized spacial score (nSPS) is 28.3. The molecule has 3 rings (SSSR count). The average molecular weight is 473 g/mol. The van der Waals surface area contributed by atoms with Crippen molar-refractivity contribution in [2.45, 2.75) is 87.1 Å². The van der Waals surface area contributed by atoms with Crippen molar-refractivity contribution in [2.24, 2.45) is 23.7 Å². The second-order valence-corrected chi connectivity index (χ2v) is 11.8. The molecular weight excluding hydrogens is 422 g/mol. The molecule has 0 bridgehead atoms. The van der Waals surface area contributed by atoms with Gasteiger partial charge in [0.15, 0.2) is 0 Å². The smallest absolute Gasteiger partial charge is 0.141 e. The van der Waals surface area contributed by atoms with Crippen molar-refractivity contribution in [3.05, 3.63) is 81.5 Å². The van der Waals surface area contributed by atoms with Crippen LogP contribution in [-0.2, 0) is 6.42 Å². The van der Waals surface area contributed by atoms with E-state index in [1.54, 1.807) is 5.57 Å². The molecule has 0 saturated heterocycles. The summed E-state index contributed by atoms with van der Waals surface area (Å²) in [5.74, 6) is 2.02. The zero-order valence-electron chi connectivity index (χ0n) is 24.2. The molecular formula is C34H50N+. The van der Waals surface area contributed by atoms with Gasteiger partial charge in [-0.1, -0.05) is 90.5 Å². The van der Waals surface area contributed by atoms with Crippen LogP contribution in [0.3, 0.4) is 0 Å².